The molecule has 0 fully saturated rings. The number of hydrogen-bond donors (Lipinski definition) is 0. The van der Waals surface area contributed by atoms with Crippen LogP contribution in [0.3, 0.4) is 0 Å². The van der Waals surface area contributed by atoms with Gasteiger partial charge >= 0.3 is 130 Å². The number of aryl methyl sites for hydroxylation is 1. The third kappa shape index (κ3) is 5.43. The van der Waals surface area contributed by atoms with E-state index in [2.05, 4.69) is 0 Å². The summed E-state index contributed by atoms with van der Waals surface area (Å²) in [6, 6.07) is 17.7. The molecule has 2 rings (SSSR count). The Balaban J connectivity index is 1.77. The van der Waals surface area contributed by atoms with Crippen LogP contribution in [-0.2, 0) is 15.0 Å². The molecular formula is C17H20O3Se. The molecule has 2 aromatic carbocycles. The Kier molecular flexibility index (Phi) is 6.61. The molecule has 21 heavy (non-hydrogen) atoms. The minimum absolute atomic E-state index is 0.263. The van der Waals surface area contributed by atoms with Crippen molar-refractivity contribution in [3.8, 4) is 5.75 Å². The van der Waals surface area contributed by atoms with Gasteiger partial charge in [0, 0.05) is 0 Å². The van der Waals surface area contributed by atoms with Crippen LogP contribution in [0.5, 0.6) is 5.75 Å². The fourth-order valence-corrected chi connectivity index (χ4v) is 4.29. The number of ether oxygens (including phenoxy) is 2. The molecule has 0 aliphatic heterocycles. The van der Waals surface area contributed by atoms with Crippen molar-refractivity contribution in [2.75, 3.05) is 13.9 Å². The van der Waals surface area contributed by atoms with E-state index in [0.717, 1.165) is 28.4 Å². The van der Waals surface area contributed by atoms with E-state index < -0.39 is 13.8 Å². The van der Waals surface area contributed by atoms with Gasteiger partial charge in [-0.1, -0.05) is 0 Å². The number of rotatable bonds is 8. The monoisotopic (exact) mass is 352 g/mol. The second-order valence-corrected chi connectivity index (χ2v) is 7.96. The zero-order chi connectivity index (χ0) is 14.9. The molecule has 0 bridgehead atoms. The fourth-order valence-electron chi connectivity index (χ4n) is 1.98. The normalized spacial score (nSPS) is 12.0. The summed E-state index contributed by atoms with van der Waals surface area (Å²) in [5, 5.41) is 0.784. The summed E-state index contributed by atoms with van der Waals surface area (Å²) in [4.78, 5) is 0. The fraction of sp³-hybridized carbons (Fsp3) is 0.294. The summed E-state index contributed by atoms with van der Waals surface area (Å²) >= 11 is -1.88. The van der Waals surface area contributed by atoms with E-state index in [1.165, 1.54) is 5.56 Å². The quantitative estimate of drug-likeness (QED) is 0.542. The van der Waals surface area contributed by atoms with Gasteiger partial charge in [-0.25, -0.2) is 0 Å². The molecule has 0 aromatic heterocycles. The van der Waals surface area contributed by atoms with Crippen molar-refractivity contribution in [1.82, 2.24) is 0 Å². The van der Waals surface area contributed by atoms with Gasteiger partial charge in [0.15, 0.2) is 0 Å². The van der Waals surface area contributed by atoms with E-state index in [1.54, 1.807) is 7.11 Å². The third-order valence-corrected chi connectivity index (χ3v) is 6.13. The number of hydrogen-bond acceptors (Lipinski definition) is 3. The van der Waals surface area contributed by atoms with E-state index in [4.69, 9.17) is 9.47 Å². The number of methoxy groups -OCH3 is 1. The van der Waals surface area contributed by atoms with E-state index in [9.17, 15) is 3.83 Å². The first-order valence-corrected chi connectivity index (χ1v) is 9.70. The molecule has 0 aliphatic carbocycles. The van der Waals surface area contributed by atoms with Gasteiger partial charge in [-0.2, -0.15) is 0 Å². The maximum atomic E-state index is 12.2. The molecule has 0 heterocycles. The number of benzene rings is 2. The van der Waals surface area contributed by atoms with Crippen molar-refractivity contribution in [3.05, 3.63) is 60.2 Å². The Labute approximate surface area is 130 Å². The Hall–Kier alpha value is -1.48. The van der Waals surface area contributed by atoms with E-state index in [-0.39, 0.29) is 6.79 Å². The summed E-state index contributed by atoms with van der Waals surface area (Å²) in [6.45, 7) is 0.263. The van der Waals surface area contributed by atoms with Crippen LogP contribution in [-0.4, -0.2) is 27.7 Å². The first-order valence-electron chi connectivity index (χ1n) is 6.93. The van der Waals surface area contributed by atoms with Crippen molar-refractivity contribution in [2.45, 2.75) is 18.2 Å². The van der Waals surface area contributed by atoms with Crippen molar-refractivity contribution in [1.29, 1.82) is 0 Å². The molecule has 112 valence electrons. The van der Waals surface area contributed by atoms with Gasteiger partial charge in [0.1, 0.15) is 0 Å². The van der Waals surface area contributed by atoms with E-state index >= 15 is 0 Å². The van der Waals surface area contributed by atoms with Crippen molar-refractivity contribution in [2.24, 2.45) is 0 Å². The second kappa shape index (κ2) is 8.73. The molecule has 0 spiro atoms. The first kappa shape index (κ1) is 15.9. The molecule has 0 amide bonds. The van der Waals surface area contributed by atoms with Crippen LogP contribution in [0.25, 0.3) is 0 Å². The van der Waals surface area contributed by atoms with Crippen LogP contribution in [0.2, 0.25) is 5.32 Å². The molecule has 0 N–H and O–H groups in total. The molecular weight excluding hydrogens is 331 g/mol. The zero-order valence-corrected chi connectivity index (χ0v) is 13.9. The molecule has 4 heteroatoms. The van der Waals surface area contributed by atoms with Gasteiger partial charge in [-0.3, -0.25) is 0 Å². The van der Waals surface area contributed by atoms with Crippen LogP contribution in [0.4, 0.5) is 0 Å². The molecule has 0 radical (unpaired) electrons. The Bertz CT molecular complexity index is 552. The maximum absolute atomic E-state index is 12.2. The zero-order valence-electron chi connectivity index (χ0n) is 12.2. The Morgan fingerprint density at radius 3 is 2.38 bits per heavy atom. The molecule has 0 saturated carbocycles. The van der Waals surface area contributed by atoms with Crippen LogP contribution < -0.4 is 9.20 Å². The van der Waals surface area contributed by atoms with Crippen LogP contribution in [0.15, 0.2) is 54.6 Å². The van der Waals surface area contributed by atoms with E-state index in [1.807, 2.05) is 54.6 Å². The summed E-state index contributed by atoms with van der Waals surface area (Å²) < 4.78 is 23.4. The van der Waals surface area contributed by atoms with Crippen molar-refractivity contribution in [3.63, 3.8) is 0 Å². The van der Waals surface area contributed by atoms with Crippen molar-refractivity contribution >= 4 is 18.3 Å². The standard InChI is InChI=1S/C17H20O3Se/c1-19-14-20-16-11-9-15(10-12-16)6-5-13-21(18)17-7-3-2-4-8-17/h2-4,7-12H,5-6,13-14H2,1H3. The van der Waals surface area contributed by atoms with Gasteiger partial charge in [0.25, 0.3) is 0 Å². The predicted molar refractivity (Wildman–Crippen MR) is 84.6 cm³/mol. The molecule has 0 saturated heterocycles. The first-order chi connectivity index (χ1) is 10.3. The molecule has 2 aromatic rings. The molecule has 1 atom stereocenters. The second-order valence-electron chi connectivity index (χ2n) is 4.66. The summed E-state index contributed by atoms with van der Waals surface area (Å²) in [7, 11) is 1.60. The van der Waals surface area contributed by atoms with Crippen LogP contribution >= 0.6 is 0 Å². The molecule has 3 nitrogen and oxygen atoms in total. The minimum atomic E-state index is -1.88. The van der Waals surface area contributed by atoms with Gasteiger partial charge in [0.05, 0.1) is 0 Å². The summed E-state index contributed by atoms with van der Waals surface area (Å²) in [6.07, 6.45) is 1.89. The average Bonchev–Trinajstić information content (AvgIpc) is 2.55. The topological polar surface area (TPSA) is 35.5 Å². The third-order valence-electron chi connectivity index (χ3n) is 3.07. The van der Waals surface area contributed by atoms with Crippen molar-refractivity contribution < 1.29 is 13.3 Å². The average molecular weight is 351 g/mol. The van der Waals surface area contributed by atoms with Gasteiger partial charge in [0.2, 0.25) is 0 Å². The molecule has 0 aliphatic rings. The van der Waals surface area contributed by atoms with Crippen LogP contribution in [0, 0.1) is 0 Å². The SMILES string of the molecule is COCOc1ccc(CCC[Se](=O)c2ccccc2)cc1. The van der Waals surface area contributed by atoms with Gasteiger partial charge < -0.3 is 0 Å². The van der Waals surface area contributed by atoms with Crippen LogP contribution in [0.1, 0.15) is 12.0 Å². The van der Waals surface area contributed by atoms with E-state index in [0.29, 0.717) is 0 Å². The Morgan fingerprint density at radius 2 is 1.71 bits per heavy atom. The Morgan fingerprint density at radius 1 is 1.00 bits per heavy atom. The van der Waals surface area contributed by atoms with Gasteiger partial charge in [-0.05, 0) is 0 Å². The summed E-state index contributed by atoms with van der Waals surface area (Å²) in [5.74, 6) is 0.806. The molecule has 1 unspecified atom stereocenters. The predicted octanol–water partition coefficient (Wildman–Crippen LogP) is 2.93. The summed E-state index contributed by atoms with van der Waals surface area (Å²) in [5.41, 5.74) is 1.24. The van der Waals surface area contributed by atoms with Gasteiger partial charge in [-0.15, -0.1) is 0 Å².